The van der Waals surface area contributed by atoms with E-state index in [1.807, 2.05) is 11.4 Å². The first-order valence-corrected chi connectivity index (χ1v) is 5.39. The van der Waals surface area contributed by atoms with Crippen molar-refractivity contribution in [3.05, 3.63) is 39.1 Å². The molecule has 3 nitrogen and oxygen atoms in total. The van der Waals surface area contributed by atoms with Crippen molar-refractivity contribution in [2.45, 2.75) is 6.04 Å². The Hall–Kier alpha value is -0.650. The average molecular weight is 259 g/mol. The number of hydrogen-bond donors (Lipinski definition) is 1. The van der Waals surface area contributed by atoms with Gasteiger partial charge in [0, 0.05) is 5.38 Å². The molecule has 2 aromatic rings. The molecule has 0 saturated heterocycles. The Morgan fingerprint density at radius 1 is 1.62 bits per heavy atom. The summed E-state index contributed by atoms with van der Waals surface area (Å²) in [4.78, 5) is 4.13. The topological polar surface area (TPSA) is 52.0 Å². The Bertz CT molecular complexity index is 385. The summed E-state index contributed by atoms with van der Waals surface area (Å²) < 4.78 is 6.13. The quantitative estimate of drug-likeness (QED) is 0.901. The minimum atomic E-state index is -0.282. The first-order chi connectivity index (χ1) is 6.29. The van der Waals surface area contributed by atoms with E-state index >= 15 is 0 Å². The van der Waals surface area contributed by atoms with Gasteiger partial charge in [-0.15, -0.1) is 11.3 Å². The Kier molecular flexibility index (Phi) is 2.48. The van der Waals surface area contributed by atoms with E-state index in [1.54, 1.807) is 11.8 Å². The Morgan fingerprint density at radius 2 is 2.46 bits per heavy atom. The summed E-state index contributed by atoms with van der Waals surface area (Å²) in [5.41, 5.74) is 8.52. The standard InChI is InChI=1S/C8H7BrN2OS/c9-5-1-2-12-8(5)7(10)6-3-13-4-11-6/h1-4,7H,10H2. The third-order valence-corrected chi connectivity index (χ3v) is 2.96. The summed E-state index contributed by atoms with van der Waals surface area (Å²) >= 11 is 4.88. The van der Waals surface area contributed by atoms with Crippen LogP contribution < -0.4 is 5.73 Å². The van der Waals surface area contributed by atoms with Gasteiger partial charge in [0.15, 0.2) is 0 Å². The number of nitrogens with zero attached hydrogens (tertiary/aromatic N) is 1. The highest BCUT2D eigenvalue weighted by molar-refractivity contribution is 9.10. The monoisotopic (exact) mass is 258 g/mol. The van der Waals surface area contributed by atoms with Crippen molar-refractivity contribution >= 4 is 27.3 Å². The summed E-state index contributed by atoms with van der Waals surface area (Å²) in [5, 5.41) is 1.92. The summed E-state index contributed by atoms with van der Waals surface area (Å²) in [7, 11) is 0. The number of rotatable bonds is 2. The van der Waals surface area contributed by atoms with E-state index in [2.05, 4.69) is 20.9 Å². The second kappa shape index (κ2) is 3.61. The Labute approximate surface area is 87.7 Å². The molecule has 1 atom stereocenters. The van der Waals surface area contributed by atoms with Gasteiger partial charge in [0.25, 0.3) is 0 Å². The molecule has 2 heterocycles. The molecule has 1 unspecified atom stereocenters. The molecule has 13 heavy (non-hydrogen) atoms. The number of nitrogens with two attached hydrogens (primary N) is 1. The maximum atomic E-state index is 5.93. The average Bonchev–Trinajstić information content (AvgIpc) is 2.72. The third kappa shape index (κ3) is 1.67. The zero-order chi connectivity index (χ0) is 9.26. The first-order valence-electron chi connectivity index (χ1n) is 3.65. The van der Waals surface area contributed by atoms with E-state index < -0.39 is 0 Å². The van der Waals surface area contributed by atoms with E-state index in [9.17, 15) is 0 Å². The van der Waals surface area contributed by atoms with Gasteiger partial charge in [0.2, 0.25) is 0 Å². The van der Waals surface area contributed by atoms with Crippen molar-refractivity contribution in [3.63, 3.8) is 0 Å². The molecule has 0 aliphatic heterocycles. The lowest BCUT2D eigenvalue weighted by atomic mass is 10.2. The number of hydrogen-bond acceptors (Lipinski definition) is 4. The van der Waals surface area contributed by atoms with E-state index in [0.717, 1.165) is 10.2 Å². The maximum Gasteiger partial charge on any atom is 0.140 e. The lowest BCUT2D eigenvalue weighted by molar-refractivity contribution is 0.484. The molecule has 0 bridgehead atoms. The van der Waals surface area contributed by atoms with E-state index in [-0.39, 0.29) is 6.04 Å². The van der Waals surface area contributed by atoms with Crippen LogP contribution in [0.1, 0.15) is 17.5 Å². The molecule has 0 aromatic carbocycles. The molecule has 2 rings (SSSR count). The van der Waals surface area contributed by atoms with E-state index in [1.165, 1.54) is 11.3 Å². The second-order valence-corrected chi connectivity index (χ2v) is 4.10. The molecule has 2 N–H and O–H groups in total. The molecular formula is C8H7BrN2OS. The van der Waals surface area contributed by atoms with Gasteiger partial charge in [-0.1, -0.05) is 0 Å². The van der Waals surface area contributed by atoms with Gasteiger partial charge in [-0.25, -0.2) is 4.98 Å². The van der Waals surface area contributed by atoms with Crippen LogP contribution in [0.4, 0.5) is 0 Å². The Morgan fingerprint density at radius 3 is 3.00 bits per heavy atom. The van der Waals surface area contributed by atoms with E-state index in [0.29, 0.717) is 5.76 Å². The number of halogens is 1. The molecule has 0 aliphatic carbocycles. The molecule has 0 saturated carbocycles. The largest absolute Gasteiger partial charge is 0.466 e. The van der Waals surface area contributed by atoms with Crippen LogP contribution in [0.2, 0.25) is 0 Å². The summed E-state index contributed by atoms with van der Waals surface area (Å²) in [6.45, 7) is 0. The highest BCUT2D eigenvalue weighted by Crippen LogP contribution is 2.27. The highest BCUT2D eigenvalue weighted by Gasteiger charge is 2.16. The Balaban J connectivity index is 2.33. The number of thiazole rings is 1. The normalized spacial score (nSPS) is 13.1. The van der Waals surface area contributed by atoms with Crippen LogP contribution in [-0.4, -0.2) is 4.98 Å². The summed E-state index contributed by atoms with van der Waals surface area (Å²) in [5.74, 6) is 0.714. The molecule has 5 heteroatoms. The predicted molar refractivity (Wildman–Crippen MR) is 54.6 cm³/mol. The van der Waals surface area contributed by atoms with Crippen LogP contribution >= 0.6 is 27.3 Å². The van der Waals surface area contributed by atoms with Crippen molar-refractivity contribution < 1.29 is 4.42 Å². The van der Waals surface area contributed by atoms with Crippen LogP contribution in [0.25, 0.3) is 0 Å². The van der Waals surface area contributed by atoms with Crippen LogP contribution in [-0.2, 0) is 0 Å². The summed E-state index contributed by atoms with van der Waals surface area (Å²) in [6.07, 6.45) is 1.60. The lowest BCUT2D eigenvalue weighted by Gasteiger charge is -2.05. The fourth-order valence-electron chi connectivity index (χ4n) is 1.04. The molecule has 68 valence electrons. The van der Waals surface area contributed by atoms with Crippen molar-refractivity contribution in [1.29, 1.82) is 0 Å². The molecule has 0 spiro atoms. The van der Waals surface area contributed by atoms with Crippen LogP contribution in [0, 0.1) is 0 Å². The van der Waals surface area contributed by atoms with Gasteiger partial charge in [0.1, 0.15) is 11.8 Å². The van der Waals surface area contributed by atoms with Gasteiger partial charge in [-0.05, 0) is 22.0 Å². The predicted octanol–water partition coefficient (Wildman–Crippen LogP) is 2.55. The molecule has 0 amide bonds. The number of furan rings is 1. The first kappa shape index (κ1) is 8.93. The smallest absolute Gasteiger partial charge is 0.140 e. The van der Waals surface area contributed by atoms with Gasteiger partial charge in [0.05, 0.1) is 21.9 Å². The van der Waals surface area contributed by atoms with Gasteiger partial charge >= 0.3 is 0 Å². The summed E-state index contributed by atoms with van der Waals surface area (Å²) in [6, 6.07) is 1.54. The van der Waals surface area contributed by atoms with Crippen molar-refractivity contribution in [3.8, 4) is 0 Å². The van der Waals surface area contributed by atoms with Gasteiger partial charge in [-0.3, -0.25) is 0 Å². The van der Waals surface area contributed by atoms with Gasteiger partial charge < -0.3 is 10.2 Å². The fourth-order valence-corrected chi connectivity index (χ4v) is 2.08. The van der Waals surface area contributed by atoms with Crippen LogP contribution in [0.3, 0.4) is 0 Å². The fraction of sp³-hybridized carbons (Fsp3) is 0.125. The molecule has 2 aromatic heterocycles. The van der Waals surface area contributed by atoms with Gasteiger partial charge in [-0.2, -0.15) is 0 Å². The lowest BCUT2D eigenvalue weighted by Crippen LogP contribution is -2.11. The van der Waals surface area contributed by atoms with Crippen molar-refractivity contribution in [1.82, 2.24) is 4.98 Å². The molecule has 0 fully saturated rings. The molecular weight excluding hydrogens is 252 g/mol. The van der Waals surface area contributed by atoms with Crippen LogP contribution in [0.15, 0.2) is 32.1 Å². The third-order valence-electron chi connectivity index (χ3n) is 1.70. The van der Waals surface area contributed by atoms with Crippen molar-refractivity contribution in [2.75, 3.05) is 0 Å². The zero-order valence-corrected chi connectivity index (χ0v) is 9.01. The SMILES string of the molecule is NC(c1cscn1)c1occc1Br. The van der Waals surface area contributed by atoms with Crippen molar-refractivity contribution in [2.24, 2.45) is 5.73 Å². The minimum Gasteiger partial charge on any atom is -0.466 e. The second-order valence-electron chi connectivity index (χ2n) is 2.52. The highest BCUT2D eigenvalue weighted by atomic mass is 79.9. The zero-order valence-electron chi connectivity index (χ0n) is 6.61. The maximum absolute atomic E-state index is 5.93. The molecule has 0 radical (unpaired) electrons. The van der Waals surface area contributed by atoms with Crippen LogP contribution in [0.5, 0.6) is 0 Å². The van der Waals surface area contributed by atoms with E-state index in [4.69, 9.17) is 10.2 Å². The molecule has 0 aliphatic rings. The minimum absolute atomic E-state index is 0.282. The number of aromatic nitrogens is 1.